The van der Waals surface area contributed by atoms with Crippen LogP contribution >= 0.6 is 23.6 Å². The van der Waals surface area contributed by atoms with Crippen LogP contribution in [0.5, 0.6) is 0 Å². The van der Waals surface area contributed by atoms with Gasteiger partial charge in [0.2, 0.25) is 4.77 Å². The summed E-state index contributed by atoms with van der Waals surface area (Å²) in [5, 5.41) is 6.99. The molecule has 1 fully saturated rings. The molecule has 152 valence electrons. The van der Waals surface area contributed by atoms with Crippen LogP contribution in [0.25, 0.3) is 16.4 Å². The molecule has 0 N–H and O–H groups in total. The summed E-state index contributed by atoms with van der Waals surface area (Å²) in [7, 11) is 0. The standard InChI is InChI=1S/C22H22N6S2/c29-22-27(17-25-12-14-26(15-13-25)20-10-4-5-11-23-20)24-21(19-9-6-16-30-19)28(22)18-7-2-1-3-8-18/h1-11,16H,12-15,17H2. The molecule has 0 spiro atoms. The first kappa shape index (κ1) is 19.2. The zero-order valence-electron chi connectivity index (χ0n) is 16.5. The third kappa shape index (κ3) is 3.81. The van der Waals surface area contributed by atoms with Crippen LogP contribution in [0.15, 0.2) is 72.2 Å². The number of hydrogen-bond donors (Lipinski definition) is 0. The van der Waals surface area contributed by atoms with E-state index in [1.54, 1.807) is 11.3 Å². The molecule has 4 aromatic rings. The number of pyridine rings is 1. The summed E-state index contributed by atoms with van der Waals surface area (Å²) in [4.78, 5) is 10.3. The Morgan fingerprint density at radius 1 is 0.900 bits per heavy atom. The molecule has 8 heteroatoms. The highest BCUT2D eigenvalue weighted by Crippen LogP contribution is 2.26. The molecule has 0 unspecified atom stereocenters. The van der Waals surface area contributed by atoms with E-state index in [2.05, 4.69) is 49.0 Å². The van der Waals surface area contributed by atoms with Crippen molar-refractivity contribution in [2.24, 2.45) is 0 Å². The van der Waals surface area contributed by atoms with E-state index in [-0.39, 0.29) is 0 Å². The molecule has 3 aromatic heterocycles. The lowest BCUT2D eigenvalue weighted by Crippen LogP contribution is -2.47. The fraction of sp³-hybridized carbons (Fsp3) is 0.227. The van der Waals surface area contributed by atoms with Gasteiger partial charge >= 0.3 is 0 Å². The number of rotatable bonds is 5. The molecule has 6 nitrogen and oxygen atoms in total. The van der Waals surface area contributed by atoms with E-state index in [0.717, 1.165) is 53.2 Å². The Bertz CT molecular complexity index is 1140. The van der Waals surface area contributed by atoms with Gasteiger partial charge in [-0.1, -0.05) is 30.3 Å². The van der Waals surface area contributed by atoms with E-state index in [9.17, 15) is 0 Å². The molecule has 1 aliphatic heterocycles. The van der Waals surface area contributed by atoms with E-state index in [0.29, 0.717) is 6.67 Å². The smallest absolute Gasteiger partial charge is 0.204 e. The van der Waals surface area contributed by atoms with Crippen LogP contribution in [-0.2, 0) is 6.67 Å². The molecule has 0 atom stereocenters. The van der Waals surface area contributed by atoms with Crippen molar-refractivity contribution in [1.82, 2.24) is 24.2 Å². The van der Waals surface area contributed by atoms with Crippen molar-refractivity contribution in [3.05, 3.63) is 77.0 Å². The number of thiophene rings is 1. The van der Waals surface area contributed by atoms with Gasteiger partial charge in [-0.15, -0.1) is 16.4 Å². The van der Waals surface area contributed by atoms with Gasteiger partial charge in [-0.3, -0.25) is 9.47 Å². The zero-order valence-corrected chi connectivity index (χ0v) is 18.1. The number of piperazine rings is 1. The maximum Gasteiger partial charge on any atom is 0.204 e. The molecule has 0 radical (unpaired) electrons. The summed E-state index contributed by atoms with van der Waals surface area (Å²) in [6.07, 6.45) is 1.85. The van der Waals surface area contributed by atoms with Gasteiger partial charge in [-0.2, -0.15) is 0 Å². The van der Waals surface area contributed by atoms with Gasteiger partial charge in [0, 0.05) is 38.1 Å². The van der Waals surface area contributed by atoms with Crippen molar-refractivity contribution in [3.63, 3.8) is 0 Å². The van der Waals surface area contributed by atoms with Crippen LogP contribution in [0.3, 0.4) is 0 Å². The van der Waals surface area contributed by atoms with Crippen molar-refractivity contribution in [2.75, 3.05) is 31.1 Å². The second-order valence-corrected chi connectivity index (χ2v) is 8.50. The lowest BCUT2D eigenvalue weighted by Gasteiger charge is -2.35. The molecular weight excluding hydrogens is 412 g/mol. The summed E-state index contributed by atoms with van der Waals surface area (Å²) >= 11 is 7.54. The van der Waals surface area contributed by atoms with Gasteiger partial charge in [-0.05, 0) is 47.9 Å². The van der Waals surface area contributed by atoms with Crippen LogP contribution in [-0.4, -0.2) is 50.4 Å². The molecule has 0 aliphatic carbocycles. The fourth-order valence-electron chi connectivity index (χ4n) is 3.72. The van der Waals surface area contributed by atoms with Gasteiger partial charge in [0.25, 0.3) is 0 Å². The average molecular weight is 435 g/mol. The van der Waals surface area contributed by atoms with Gasteiger partial charge in [-0.25, -0.2) is 9.67 Å². The Kier molecular flexibility index (Phi) is 5.44. The summed E-state index contributed by atoms with van der Waals surface area (Å²) < 4.78 is 4.75. The Morgan fingerprint density at radius 3 is 2.40 bits per heavy atom. The topological polar surface area (TPSA) is 42.1 Å². The summed E-state index contributed by atoms with van der Waals surface area (Å²) in [5.74, 6) is 1.94. The molecule has 30 heavy (non-hydrogen) atoms. The van der Waals surface area contributed by atoms with Gasteiger partial charge in [0.05, 0.1) is 11.5 Å². The summed E-state index contributed by atoms with van der Waals surface area (Å²) in [6, 6.07) is 20.4. The second-order valence-electron chi connectivity index (χ2n) is 7.19. The predicted octanol–water partition coefficient (Wildman–Crippen LogP) is 4.31. The normalized spacial score (nSPS) is 14.9. The minimum atomic E-state index is 0.688. The van der Waals surface area contributed by atoms with Crippen molar-refractivity contribution in [2.45, 2.75) is 6.67 Å². The van der Waals surface area contributed by atoms with E-state index in [4.69, 9.17) is 17.3 Å². The highest BCUT2D eigenvalue weighted by Gasteiger charge is 2.21. The second kappa shape index (κ2) is 8.51. The van der Waals surface area contributed by atoms with Crippen molar-refractivity contribution in [3.8, 4) is 16.4 Å². The third-order valence-electron chi connectivity index (χ3n) is 5.27. The fourth-order valence-corrected chi connectivity index (χ4v) is 4.71. The molecule has 1 saturated heterocycles. The molecule has 0 bridgehead atoms. The summed E-state index contributed by atoms with van der Waals surface area (Å²) in [6.45, 7) is 4.48. The van der Waals surface area contributed by atoms with Crippen molar-refractivity contribution < 1.29 is 0 Å². The summed E-state index contributed by atoms with van der Waals surface area (Å²) in [5.41, 5.74) is 1.04. The zero-order chi connectivity index (χ0) is 20.3. The van der Waals surface area contributed by atoms with Gasteiger partial charge < -0.3 is 4.90 Å². The van der Waals surface area contributed by atoms with Crippen LogP contribution in [0.4, 0.5) is 5.82 Å². The molecule has 0 amide bonds. The van der Waals surface area contributed by atoms with Crippen LogP contribution in [0, 0.1) is 4.77 Å². The third-order valence-corrected chi connectivity index (χ3v) is 6.53. The van der Waals surface area contributed by atoms with Gasteiger partial charge in [0.15, 0.2) is 5.82 Å². The maximum atomic E-state index is 5.86. The van der Waals surface area contributed by atoms with Crippen LogP contribution in [0.2, 0.25) is 0 Å². The molecule has 5 rings (SSSR count). The first-order valence-corrected chi connectivity index (χ1v) is 11.3. The van der Waals surface area contributed by atoms with Crippen molar-refractivity contribution >= 4 is 29.4 Å². The Balaban J connectivity index is 1.39. The molecule has 4 heterocycles. The lowest BCUT2D eigenvalue weighted by atomic mass is 10.3. The van der Waals surface area contributed by atoms with Crippen LogP contribution in [0.1, 0.15) is 0 Å². The quantitative estimate of drug-likeness (QED) is 0.438. The molecule has 1 aromatic carbocycles. The maximum absolute atomic E-state index is 5.86. The van der Waals surface area contributed by atoms with Crippen LogP contribution < -0.4 is 4.90 Å². The number of hydrogen-bond acceptors (Lipinski definition) is 6. The monoisotopic (exact) mass is 434 g/mol. The van der Waals surface area contributed by atoms with Crippen molar-refractivity contribution in [1.29, 1.82) is 0 Å². The van der Waals surface area contributed by atoms with Gasteiger partial charge in [0.1, 0.15) is 5.82 Å². The highest BCUT2D eigenvalue weighted by atomic mass is 32.1. The number of nitrogens with zero attached hydrogens (tertiary/aromatic N) is 6. The minimum Gasteiger partial charge on any atom is -0.354 e. The highest BCUT2D eigenvalue weighted by molar-refractivity contribution is 7.71. The number of anilines is 1. The molecule has 1 aliphatic rings. The number of benzene rings is 1. The lowest BCUT2D eigenvalue weighted by molar-refractivity contribution is 0.194. The Labute approximate surface area is 184 Å². The first-order valence-electron chi connectivity index (χ1n) is 9.97. The van der Waals surface area contributed by atoms with E-state index in [1.165, 1.54) is 0 Å². The minimum absolute atomic E-state index is 0.688. The number of aromatic nitrogens is 4. The van der Waals surface area contributed by atoms with E-state index >= 15 is 0 Å². The Hall–Kier alpha value is -2.81. The largest absolute Gasteiger partial charge is 0.354 e. The average Bonchev–Trinajstić information content (AvgIpc) is 3.44. The first-order chi connectivity index (χ1) is 14.8. The van der Waals surface area contributed by atoms with E-state index < -0.39 is 0 Å². The molecular formula is C22H22N6S2. The SMILES string of the molecule is S=c1n(CN2CCN(c3ccccn3)CC2)nc(-c2cccs2)n1-c1ccccc1. The predicted molar refractivity (Wildman–Crippen MR) is 124 cm³/mol. The Morgan fingerprint density at radius 2 is 1.70 bits per heavy atom. The van der Waals surface area contributed by atoms with E-state index in [1.807, 2.05) is 47.3 Å². The number of para-hydroxylation sites is 1. The molecule has 0 saturated carbocycles.